The fourth-order valence-electron chi connectivity index (χ4n) is 4.89. The second kappa shape index (κ2) is 8.05. The van der Waals surface area contributed by atoms with Crippen LogP contribution in [0.2, 0.25) is 0 Å². The standard InChI is InChI=1S/C21H24O.C2H3F3/c22-19-12-13-21(15-16-6-2-1-3-7-16)18(14-19)11-10-17-8-4-5-9-20(17)21;1-2(3,4)5/h1-9,18-19,22H,10-15H2;1H3/t18?,19?,21-;/m0./s1. The van der Waals surface area contributed by atoms with Crippen LogP contribution in [0.25, 0.3) is 0 Å². The smallest absolute Gasteiger partial charge is 0.386 e. The van der Waals surface area contributed by atoms with Crippen LogP contribution in [-0.2, 0) is 18.3 Å². The molecule has 146 valence electrons. The fraction of sp³-hybridized carbons (Fsp3) is 0.478. The highest BCUT2D eigenvalue weighted by Crippen LogP contribution is 2.51. The average molecular weight is 376 g/mol. The first-order valence-corrected chi connectivity index (χ1v) is 9.65. The van der Waals surface area contributed by atoms with Crippen LogP contribution >= 0.6 is 0 Å². The summed E-state index contributed by atoms with van der Waals surface area (Å²) in [6.45, 7) is 0.188. The molecule has 27 heavy (non-hydrogen) atoms. The summed E-state index contributed by atoms with van der Waals surface area (Å²) in [5.74, 6) is 0.617. The van der Waals surface area contributed by atoms with Gasteiger partial charge in [0, 0.05) is 12.3 Å². The number of rotatable bonds is 2. The monoisotopic (exact) mass is 376 g/mol. The molecule has 2 aliphatic rings. The van der Waals surface area contributed by atoms with Crippen molar-refractivity contribution in [2.45, 2.75) is 63.1 Å². The lowest BCUT2D eigenvalue weighted by atomic mass is 9.55. The maximum absolute atomic E-state index is 10.4. The predicted molar refractivity (Wildman–Crippen MR) is 102 cm³/mol. The Morgan fingerprint density at radius 2 is 1.63 bits per heavy atom. The van der Waals surface area contributed by atoms with Crippen molar-refractivity contribution in [3.63, 3.8) is 0 Å². The van der Waals surface area contributed by atoms with E-state index in [4.69, 9.17) is 0 Å². The van der Waals surface area contributed by atoms with Gasteiger partial charge in [-0.1, -0.05) is 54.6 Å². The molecule has 0 radical (unpaired) electrons. The molecule has 2 aromatic carbocycles. The van der Waals surface area contributed by atoms with E-state index in [-0.39, 0.29) is 18.4 Å². The van der Waals surface area contributed by atoms with Crippen molar-refractivity contribution in [1.29, 1.82) is 0 Å². The number of fused-ring (bicyclic) bond motifs is 3. The van der Waals surface area contributed by atoms with Crippen molar-refractivity contribution in [2.24, 2.45) is 5.92 Å². The molecule has 3 atom stereocenters. The van der Waals surface area contributed by atoms with E-state index in [1.807, 2.05) is 0 Å². The van der Waals surface area contributed by atoms with Crippen LogP contribution in [0.5, 0.6) is 0 Å². The Labute approximate surface area is 159 Å². The molecule has 0 aromatic heterocycles. The van der Waals surface area contributed by atoms with Crippen LogP contribution in [0, 0.1) is 5.92 Å². The molecular formula is C23H27F3O. The van der Waals surface area contributed by atoms with Crippen LogP contribution in [0.3, 0.4) is 0 Å². The molecule has 1 nitrogen and oxygen atoms in total. The molecule has 0 saturated heterocycles. The van der Waals surface area contributed by atoms with Gasteiger partial charge in [-0.2, -0.15) is 13.2 Å². The van der Waals surface area contributed by atoms with Crippen LogP contribution in [0.4, 0.5) is 13.2 Å². The van der Waals surface area contributed by atoms with E-state index >= 15 is 0 Å². The molecule has 0 spiro atoms. The minimum Gasteiger partial charge on any atom is -0.393 e. The quantitative estimate of drug-likeness (QED) is 0.698. The first-order chi connectivity index (χ1) is 12.8. The van der Waals surface area contributed by atoms with Crippen molar-refractivity contribution >= 4 is 0 Å². The third-order valence-electron chi connectivity index (χ3n) is 5.94. The van der Waals surface area contributed by atoms with Crippen LogP contribution in [0.1, 0.15) is 49.3 Å². The lowest BCUT2D eigenvalue weighted by Crippen LogP contribution is -2.46. The van der Waals surface area contributed by atoms with Gasteiger partial charge in [-0.15, -0.1) is 0 Å². The fourth-order valence-corrected chi connectivity index (χ4v) is 4.89. The highest BCUT2D eigenvalue weighted by molar-refractivity contribution is 5.40. The van der Waals surface area contributed by atoms with Gasteiger partial charge < -0.3 is 5.11 Å². The Balaban J connectivity index is 0.000000376. The van der Waals surface area contributed by atoms with E-state index in [0.717, 1.165) is 25.7 Å². The number of benzene rings is 2. The number of alkyl halides is 3. The predicted octanol–water partition coefficient (Wildman–Crippen LogP) is 5.84. The van der Waals surface area contributed by atoms with E-state index in [0.29, 0.717) is 5.92 Å². The maximum atomic E-state index is 10.4. The van der Waals surface area contributed by atoms with Crippen molar-refractivity contribution in [3.8, 4) is 0 Å². The second-order valence-electron chi connectivity index (χ2n) is 7.92. The number of halogens is 3. The van der Waals surface area contributed by atoms with Crippen molar-refractivity contribution in [1.82, 2.24) is 0 Å². The molecule has 4 heteroatoms. The van der Waals surface area contributed by atoms with Gasteiger partial charge in [0.2, 0.25) is 0 Å². The first kappa shape index (κ1) is 19.9. The molecule has 0 bridgehead atoms. The molecule has 2 aliphatic carbocycles. The number of aliphatic hydroxyl groups is 1. The van der Waals surface area contributed by atoms with Gasteiger partial charge >= 0.3 is 6.18 Å². The van der Waals surface area contributed by atoms with E-state index in [9.17, 15) is 18.3 Å². The Morgan fingerprint density at radius 3 is 2.33 bits per heavy atom. The molecule has 4 rings (SSSR count). The summed E-state index contributed by atoms with van der Waals surface area (Å²) in [5, 5.41) is 10.2. The number of hydrogen-bond donors (Lipinski definition) is 1. The number of hydrogen-bond acceptors (Lipinski definition) is 1. The van der Waals surface area contributed by atoms with Crippen LogP contribution in [-0.4, -0.2) is 17.4 Å². The van der Waals surface area contributed by atoms with E-state index < -0.39 is 6.18 Å². The summed E-state index contributed by atoms with van der Waals surface area (Å²) >= 11 is 0. The largest absolute Gasteiger partial charge is 0.393 e. The summed E-state index contributed by atoms with van der Waals surface area (Å²) in [5.41, 5.74) is 4.75. The maximum Gasteiger partial charge on any atom is 0.386 e. The molecule has 0 amide bonds. The highest BCUT2D eigenvalue weighted by atomic mass is 19.4. The summed E-state index contributed by atoms with van der Waals surface area (Å²) in [6.07, 6.45) is 2.44. The Morgan fingerprint density at radius 1 is 1.00 bits per heavy atom. The first-order valence-electron chi connectivity index (χ1n) is 9.65. The van der Waals surface area contributed by atoms with E-state index in [1.165, 1.54) is 24.0 Å². The molecule has 0 heterocycles. The number of aliphatic hydroxyl groups excluding tert-OH is 1. The van der Waals surface area contributed by atoms with Gasteiger partial charge in [0.05, 0.1) is 6.10 Å². The zero-order chi connectivity index (χ0) is 19.5. The van der Waals surface area contributed by atoms with Gasteiger partial charge in [-0.3, -0.25) is 0 Å². The van der Waals surface area contributed by atoms with Gasteiger partial charge in [0.15, 0.2) is 0 Å². The van der Waals surface area contributed by atoms with E-state index in [2.05, 4.69) is 54.6 Å². The Hall–Kier alpha value is -1.81. The van der Waals surface area contributed by atoms with Crippen molar-refractivity contribution in [2.75, 3.05) is 0 Å². The van der Waals surface area contributed by atoms with Crippen LogP contribution < -0.4 is 0 Å². The molecule has 1 saturated carbocycles. The summed E-state index contributed by atoms with van der Waals surface area (Å²) in [4.78, 5) is 0. The molecule has 2 aromatic rings. The zero-order valence-corrected chi connectivity index (χ0v) is 15.7. The van der Waals surface area contributed by atoms with Crippen LogP contribution in [0.15, 0.2) is 54.6 Å². The third-order valence-corrected chi connectivity index (χ3v) is 5.94. The number of aryl methyl sites for hydroxylation is 1. The minimum atomic E-state index is -4.00. The summed E-state index contributed by atoms with van der Waals surface area (Å²) in [6, 6.07) is 19.9. The average Bonchev–Trinajstić information content (AvgIpc) is 2.62. The molecule has 1 N–H and O–H groups in total. The van der Waals surface area contributed by atoms with Gasteiger partial charge in [0.1, 0.15) is 0 Å². The Bertz CT molecular complexity index is 735. The van der Waals surface area contributed by atoms with Gasteiger partial charge in [0.25, 0.3) is 0 Å². The minimum absolute atomic E-state index is 0.0980. The normalized spacial score (nSPS) is 27.0. The van der Waals surface area contributed by atoms with Crippen molar-refractivity contribution < 1.29 is 18.3 Å². The molecule has 0 aliphatic heterocycles. The lowest BCUT2D eigenvalue weighted by Gasteiger charge is -2.50. The van der Waals surface area contributed by atoms with Gasteiger partial charge in [-0.25, -0.2) is 0 Å². The summed E-state index contributed by atoms with van der Waals surface area (Å²) in [7, 11) is 0. The Kier molecular flexibility index (Phi) is 5.95. The lowest BCUT2D eigenvalue weighted by molar-refractivity contribution is -0.110. The second-order valence-corrected chi connectivity index (χ2v) is 7.92. The molecular weight excluding hydrogens is 349 g/mol. The summed E-state index contributed by atoms with van der Waals surface area (Å²) < 4.78 is 31.1. The zero-order valence-electron chi connectivity index (χ0n) is 15.7. The molecule has 1 fully saturated rings. The third kappa shape index (κ3) is 4.92. The van der Waals surface area contributed by atoms with Gasteiger partial charge in [-0.05, 0) is 61.1 Å². The topological polar surface area (TPSA) is 20.2 Å². The van der Waals surface area contributed by atoms with E-state index in [1.54, 1.807) is 5.56 Å². The highest BCUT2D eigenvalue weighted by Gasteiger charge is 2.47. The molecule has 2 unspecified atom stereocenters. The SMILES string of the molecule is CC(F)(F)F.OC1CC[C@@]2(Cc3ccccc3)c3ccccc3CCC2C1. The van der Waals surface area contributed by atoms with Crippen molar-refractivity contribution in [3.05, 3.63) is 71.3 Å².